The highest BCUT2D eigenvalue weighted by Gasteiger charge is 2.11. The molecule has 0 spiro atoms. The van der Waals surface area contributed by atoms with Gasteiger partial charge in [0.2, 0.25) is 5.95 Å². The summed E-state index contributed by atoms with van der Waals surface area (Å²) in [5.74, 6) is 3.34. The zero-order valence-electron chi connectivity index (χ0n) is 17.5. The fourth-order valence-electron chi connectivity index (χ4n) is 3.19. The molecule has 8 heteroatoms. The van der Waals surface area contributed by atoms with Gasteiger partial charge in [-0.3, -0.25) is 0 Å². The number of nitrogens with one attached hydrogen (secondary N) is 2. The van der Waals surface area contributed by atoms with Gasteiger partial charge in [0.05, 0.1) is 37.9 Å². The van der Waals surface area contributed by atoms with Crippen LogP contribution in [0.15, 0.2) is 60.9 Å². The van der Waals surface area contributed by atoms with Crippen LogP contribution in [0.3, 0.4) is 0 Å². The van der Waals surface area contributed by atoms with Crippen molar-refractivity contribution < 1.29 is 14.2 Å². The second-order valence-corrected chi connectivity index (χ2v) is 6.64. The fourth-order valence-corrected chi connectivity index (χ4v) is 3.19. The van der Waals surface area contributed by atoms with Crippen molar-refractivity contribution in [3.05, 3.63) is 66.5 Å². The van der Waals surface area contributed by atoms with E-state index in [1.54, 1.807) is 33.7 Å². The van der Waals surface area contributed by atoms with Crippen LogP contribution in [0.2, 0.25) is 0 Å². The lowest BCUT2D eigenvalue weighted by Gasteiger charge is -2.13. The minimum Gasteiger partial charge on any atom is -0.497 e. The average molecular weight is 417 g/mol. The molecule has 2 heterocycles. The van der Waals surface area contributed by atoms with Crippen molar-refractivity contribution in [2.75, 3.05) is 32.0 Å². The first-order valence-corrected chi connectivity index (χ1v) is 9.68. The first-order chi connectivity index (χ1) is 15.2. The Hall–Kier alpha value is -4.07. The Kier molecular flexibility index (Phi) is 5.98. The molecule has 8 nitrogen and oxygen atoms in total. The van der Waals surface area contributed by atoms with Crippen LogP contribution in [0.1, 0.15) is 5.56 Å². The molecule has 4 rings (SSSR count). The highest BCUT2D eigenvalue weighted by atomic mass is 16.5. The molecule has 0 bridgehead atoms. The number of aromatic nitrogens is 3. The van der Waals surface area contributed by atoms with E-state index in [0.29, 0.717) is 29.8 Å². The highest BCUT2D eigenvalue weighted by molar-refractivity contribution is 5.91. The lowest BCUT2D eigenvalue weighted by molar-refractivity contribution is 0.395. The standard InChI is InChI=1S/C23H23N5O3/c1-29-16-8-9-19(21(12-16)31-3)27-22-17-14-26-23(28-18(17)10-11-24-22)25-13-15-6-4-5-7-20(15)30-2/h4-12,14H,13H2,1-3H3,(H,24,27)(H,25,26,28). The number of para-hydroxylation sites is 1. The summed E-state index contributed by atoms with van der Waals surface area (Å²) in [5, 5.41) is 7.35. The average Bonchev–Trinajstić information content (AvgIpc) is 2.83. The Labute approximate surface area is 180 Å². The van der Waals surface area contributed by atoms with E-state index in [2.05, 4.69) is 25.6 Å². The third kappa shape index (κ3) is 4.42. The van der Waals surface area contributed by atoms with Gasteiger partial charge in [0.25, 0.3) is 0 Å². The van der Waals surface area contributed by atoms with Crippen molar-refractivity contribution in [1.82, 2.24) is 15.0 Å². The zero-order valence-corrected chi connectivity index (χ0v) is 17.5. The Morgan fingerprint density at radius 3 is 2.52 bits per heavy atom. The maximum atomic E-state index is 5.46. The molecular formula is C23H23N5O3. The van der Waals surface area contributed by atoms with Crippen molar-refractivity contribution in [3.63, 3.8) is 0 Å². The Balaban J connectivity index is 1.57. The number of fused-ring (bicyclic) bond motifs is 1. The topological polar surface area (TPSA) is 90.4 Å². The number of anilines is 3. The second-order valence-electron chi connectivity index (χ2n) is 6.64. The molecule has 158 valence electrons. The molecule has 0 atom stereocenters. The van der Waals surface area contributed by atoms with Gasteiger partial charge in [-0.15, -0.1) is 0 Å². The van der Waals surface area contributed by atoms with E-state index in [9.17, 15) is 0 Å². The summed E-state index contributed by atoms with van der Waals surface area (Å²) in [5.41, 5.74) is 2.56. The van der Waals surface area contributed by atoms with E-state index < -0.39 is 0 Å². The number of methoxy groups -OCH3 is 3. The van der Waals surface area contributed by atoms with Crippen LogP contribution in [-0.2, 0) is 6.54 Å². The third-order valence-electron chi connectivity index (χ3n) is 4.80. The molecular weight excluding hydrogens is 394 g/mol. The summed E-state index contributed by atoms with van der Waals surface area (Å²) >= 11 is 0. The van der Waals surface area contributed by atoms with Crippen molar-refractivity contribution >= 4 is 28.4 Å². The normalized spacial score (nSPS) is 10.5. The van der Waals surface area contributed by atoms with Crippen LogP contribution < -0.4 is 24.8 Å². The lowest BCUT2D eigenvalue weighted by atomic mass is 10.2. The van der Waals surface area contributed by atoms with Crippen molar-refractivity contribution in [2.24, 2.45) is 0 Å². The minimum absolute atomic E-state index is 0.526. The van der Waals surface area contributed by atoms with E-state index >= 15 is 0 Å². The predicted molar refractivity (Wildman–Crippen MR) is 120 cm³/mol. The van der Waals surface area contributed by atoms with Crippen LogP contribution in [-0.4, -0.2) is 36.3 Å². The van der Waals surface area contributed by atoms with Gasteiger partial charge in [-0.2, -0.15) is 0 Å². The quantitative estimate of drug-likeness (QED) is 0.436. The fraction of sp³-hybridized carbons (Fsp3) is 0.174. The molecule has 31 heavy (non-hydrogen) atoms. The Morgan fingerprint density at radius 2 is 1.71 bits per heavy atom. The predicted octanol–water partition coefficient (Wildman–Crippen LogP) is 4.41. The van der Waals surface area contributed by atoms with Crippen LogP contribution in [0, 0.1) is 0 Å². The number of pyridine rings is 1. The Morgan fingerprint density at radius 1 is 0.871 bits per heavy atom. The Bertz CT molecular complexity index is 1200. The van der Waals surface area contributed by atoms with Gasteiger partial charge in [0.15, 0.2) is 0 Å². The molecule has 0 aliphatic carbocycles. The van der Waals surface area contributed by atoms with Gasteiger partial charge in [-0.25, -0.2) is 15.0 Å². The number of hydrogen-bond acceptors (Lipinski definition) is 8. The molecule has 2 aromatic heterocycles. The lowest BCUT2D eigenvalue weighted by Crippen LogP contribution is -2.05. The van der Waals surface area contributed by atoms with E-state index in [4.69, 9.17) is 14.2 Å². The highest BCUT2D eigenvalue weighted by Crippen LogP contribution is 2.32. The number of benzene rings is 2. The zero-order chi connectivity index (χ0) is 21.6. The first-order valence-electron chi connectivity index (χ1n) is 9.68. The maximum absolute atomic E-state index is 5.46. The van der Waals surface area contributed by atoms with Crippen LogP contribution in [0.25, 0.3) is 10.9 Å². The SMILES string of the molecule is COc1ccc(Nc2nccc3nc(NCc4ccccc4OC)ncc23)c(OC)c1. The molecule has 0 amide bonds. The van der Waals surface area contributed by atoms with E-state index in [-0.39, 0.29) is 0 Å². The number of hydrogen-bond donors (Lipinski definition) is 2. The maximum Gasteiger partial charge on any atom is 0.223 e. The number of rotatable bonds is 8. The summed E-state index contributed by atoms with van der Waals surface area (Å²) in [4.78, 5) is 13.5. The van der Waals surface area contributed by atoms with Gasteiger partial charge < -0.3 is 24.8 Å². The van der Waals surface area contributed by atoms with Crippen LogP contribution in [0.4, 0.5) is 17.5 Å². The molecule has 0 aliphatic rings. The summed E-state index contributed by atoms with van der Waals surface area (Å²) in [7, 11) is 4.88. The van der Waals surface area contributed by atoms with E-state index in [1.165, 1.54) is 0 Å². The van der Waals surface area contributed by atoms with E-state index in [1.807, 2.05) is 48.5 Å². The minimum atomic E-state index is 0.526. The molecule has 2 N–H and O–H groups in total. The summed E-state index contributed by atoms with van der Waals surface area (Å²) in [6, 6.07) is 15.2. The van der Waals surface area contributed by atoms with Gasteiger partial charge in [0.1, 0.15) is 23.1 Å². The van der Waals surface area contributed by atoms with Crippen molar-refractivity contribution in [3.8, 4) is 17.2 Å². The second kappa shape index (κ2) is 9.17. The number of ether oxygens (including phenoxy) is 3. The monoisotopic (exact) mass is 417 g/mol. The van der Waals surface area contributed by atoms with Crippen LogP contribution >= 0.6 is 0 Å². The smallest absolute Gasteiger partial charge is 0.223 e. The molecule has 0 radical (unpaired) electrons. The molecule has 0 saturated heterocycles. The van der Waals surface area contributed by atoms with Gasteiger partial charge in [-0.05, 0) is 24.3 Å². The first kappa shape index (κ1) is 20.2. The van der Waals surface area contributed by atoms with Crippen molar-refractivity contribution in [2.45, 2.75) is 6.54 Å². The van der Waals surface area contributed by atoms with Gasteiger partial charge in [-0.1, -0.05) is 18.2 Å². The largest absolute Gasteiger partial charge is 0.497 e. The molecule has 0 saturated carbocycles. The van der Waals surface area contributed by atoms with E-state index in [0.717, 1.165) is 27.9 Å². The molecule has 0 unspecified atom stereocenters. The van der Waals surface area contributed by atoms with Gasteiger partial charge in [0, 0.05) is 30.6 Å². The molecule has 4 aromatic rings. The molecule has 0 fully saturated rings. The van der Waals surface area contributed by atoms with Crippen molar-refractivity contribution in [1.29, 1.82) is 0 Å². The molecule has 0 aliphatic heterocycles. The molecule has 2 aromatic carbocycles. The summed E-state index contributed by atoms with van der Waals surface area (Å²) in [6.07, 6.45) is 3.45. The van der Waals surface area contributed by atoms with Crippen LogP contribution in [0.5, 0.6) is 17.2 Å². The number of nitrogens with zero attached hydrogens (tertiary/aromatic N) is 3. The summed E-state index contributed by atoms with van der Waals surface area (Å²) < 4.78 is 16.1. The third-order valence-corrected chi connectivity index (χ3v) is 4.80. The summed E-state index contributed by atoms with van der Waals surface area (Å²) in [6.45, 7) is 0.550. The van der Waals surface area contributed by atoms with Gasteiger partial charge >= 0.3 is 0 Å².